The van der Waals surface area contributed by atoms with E-state index in [1.54, 1.807) is 0 Å². The average molecular weight is 412 g/mol. The zero-order valence-corrected chi connectivity index (χ0v) is 17.5. The number of hydrogen-bond acceptors (Lipinski definition) is 5. The molecule has 2 amide bonds. The van der Waals surface area contributed by atoms with Gasteiger partial charge in [-0.25, -0.2) is 8.42 Å². The van der Waals surface area contributed by atoms with Crippen molar-refractivity contribution in [2.24, 2.45) is 0 Å². The molecule has 1 heterocycles. The van der Waals surface area contributed by atoms with E-state index in [0.717, 1.165) is 25.7 Å². The van der Waals surface area contributed by atoms with Crippen molar-refractivity contribution < 1.29 is 22.7 Å². The molecule has 0 saturated carbocycles. The van der Waals surface area contributed by atoms with E-state index < -0.39 is 15.9 Å². The van der Waals surface area contributed by atoms with Crippen molar-refractivity contribution in [3.8, 4) is 5.75 Å². The Hall–Kier alpha value is -2.13. The lowest BCUT2D eigenvalue weighted by Gasteiger charge is -2.32. The van der Waals surface area contributed by atoms with Crippen molar-refractivity contribution >= 4 is 21.8 Å². The Morgan fingerprint density at radius 1 is 1.25 bits per heavy atom. The molecular weight excluding hydrogens is 382 g/mol. The molecule has 1 aromatic rings. The molecule has 0 radical (unpaired) electrons. The van der Waals surface area contributed by atoms with E-state index in [2.05, 4.69) is 10.6 Å². The molecule has 0 spiro atoms. The first-order valence-electron chi connectivity index (χ1n) is 9.56. The predicted octanol–water partition coefficient (Wildman–Crippen LogP) is 1.51. The smallest absolute Gasteiger partial charge is 0.251 e. The molecule has 0 bridgehead atoms. The van der Waals surface area contributed by atoms with E-state index in [0.29, 0.717) is 13.1 Å². The summed E-state index contributed by atoms with van der Waals surface area (Å²) < 4.78 is 33.1. The van der Waals surface area contributed by atoms with Gasteiger partial charge >= 0.3 is 0 Å². The van der Waals surface area contributed by atoms with Gasteiger partial charge in [-0.1, -0.05) is 13.3 Å². The third kappa shape index (κ3) is 5.23. The molecule has 9 heteroatoms. The zero-order valence-electron chi connectivity index (χ0n) is 16.7. The highest BCUT2D eigenvalue weighted by atomic mass is 32.2. The SMILES string of the molecule is CCCNC(=O)CNC(=O)c1ccc(OC)c(S(=O)(=O)N2CCCC[C@@H]2C)c1. The number of methoxy groups -OCH3 is 1. The van der Waals surface area contributed by atoms with Crippen LogP contribution in [0.5, 0.6) is 5.75 Å². The molecule has 1 saturated heterocycles. The minimum atomic E-state index is -3.80. The molecule has 1 aliphatic rings. The molecule has 1 atom stereocenters. The largest absolute Gasteiger partial charge is 0.495 e. The summed E-state index contributed by atoms with van der Waals surface area (Å²) in [6.45, 7) is 4.63. The van der Waals surface area contributed by atoms with Gasteiger partial charge < -0.3 is 15.4 Å². The molecule has 0 unspecified atom stereocenters. The molecule has 2 N–H and O–H groups in total. The maximum atomic E-state index is 13.2. The lowest BCUT2D eigenvalue weighted by atomic mass is 10.1. The van der Waals surface area contributed by atoms with Crippen molar-refractivity contribution in [2.75, 3.05) is 26.7 Å². The van der Waals surface area contributed by atoms with Gasteiger partial charge in [0.25, 0.3) is 5.91 Å². The molecule has 0 aromatic heterocycles. The Morgan fingerprint density at radius 3 is 2.64 bits per heavy atom. The number of carbonyl (C=O) groups is 2. The van der Waals surface area contributed by atoms with E-state index >= 15 is 0 Å². The van der Waals surface area contributed by atoms with Crippen molar-refractivity contribution in [3.63, 3.8) is 0 Å². The quantitative estimate of drug-likeness (QED) is 0.675. The topological polar surface area (TPSA) is 105 Å². The Morgan fingerprint density at radius 2 is 2.00 bits per heavy atom. The summed E-state index contributed by atoms with van der Waals surface area (Å²) in [7, 11) is -2.41. The molecule has 1 aromatic carbocycles. The van der Waals surface area contributed by atoms with Crippen LogP contribution in [0.2, 0.25) is 0 Å². The van der Waals surface area contributed by atoms with E-state index in [1.807, 2.05) is 13.8 Å². The predicted molar refractivity (Wildman–Crippen MR) is 106 cm³/mol. The molecule has 1 fully saturated rings. The van der Waals surface area contributed by atoms with E-state index in [-0.39, 0.29) is 34.7 Å². The summed E-state index contributed by atoms with van der Waals surface area (Å²) in [5.41, 5.74) is 0.160. The number of nitrogens with one attached hydrogen (secondary N) is 2. The van der Waals surface area contributed by atoms with Gasteiger partial charge in [-0.15, -0.1) is 0 Å². The van der Waals surface area contributed by atoms with Crippen LogP contribution < -0.4 is 15.4 Å². The molecule has 8 nitrogen and oxygen atoms in total. The van der Waals surface area contributed by atoms with Gasteiger partial charge in [0, 0.05) is 24.7 Å². The van der Waals surface area contributed by atoms with Crippen LogP contribution in [-0.4, -0.2) is 57.3 Å². The highest BCUT2D eigenvalue weighted by Crippen LogP contribution is 2.31. The molecule has 156 valence electrons. The minimum absolute atomic E-state index is 0.0353. The van der Waals surface area contributed by atoms with E-state index in [9.17, 15) is 18.0 Å². The summed E-state index contributed by atoms with van der Waals surface area (Å²) >= 11 is 0. The Bertz CT molecular complexity index is 810. The highest BCUT2D eigenvalue weighted by molar-refractivity contribution is 7.89. The van der Waals surface area contributed by atoms with Crippen LogP contribution in [0.1, 0.15) is 49.9 Å². The lowest BCUT2D eigenvalue weighted by molar-refractivity contribution is -0.120. The van der Waals surface area contributed by atoms with Crippen LogP contribution in [0, 0.1) is 0 Å². The summed E-state index contributed by atoms with van der Waals surface area (Å²) in [6.07, 6.45) is 3.40. The van der Waals surface area contributed by atoms with Crippen molar-refractivity contribution in [1.29, 1.82) is 0 Å². The zero-order chi connectivity index (χ0) is 20.7. The number of nitrogens with zero attached hydrogens (tertiary/aromatic N) is 1. The van der Waals surface area contributed by atoms with Crippen LogP contribution in [0.3, 0.4) is 0 Å². The van der Waals surface area contributed by atoms with Gasteiger partial charge in [-0.2, -0.15) is 4.31 Å². The fraction of sp³-hybridized carbons (Fsp3) is 0.579. The number of piperidine rings is 1. The Kier molecular flexibility index (Phi) is 7.82. The summed E-state index contributed by atoms with van der Waals surface area (Å²) in [6, 6.07) is 4.15. The van der Waals surface area contributed by atoms with Crippen LogP contribution >= 0.6 is 0 Å². The first kappa shape index (κ1) is 22.2. The summed E-state index contributed by atoms with van der Waals surface area (Å²) in [5.74, 6) is -0.619. The molecule has 0 aliphatic carbocycles. The second kappa shape index (κ2) is 9.88. The maximum Gasteiger partial charge on any atom is 0.251 e. The molecular formula is C19H29N3O5S. The van der Waals surface area contributed by atoms with Crippen LogP contribution in [0.4, 0.5) is 0 Å². The van der Waals surface area contributed by atoms with Crippen LogP contribution in [-0.2, 0) is 14.8 Å². The van der Waals surface area contributed by atoms with Gasteiger partial charge in [0.05, 0.1) is 13.7 Å². The molecule has 2 rings (SSSR count). The highest BCUT2D eigenvalue weighted by Gasteiger charge is 2.33. The van der Waals surface area contributed by atoms with E-state index in [1.165, 1.54) is 29.6 Å². The monoisotopic (exact) mass is 411 g/mol. The molecule has 28 heavy (non-hydrogen) atoms. The standard InChI is InChI=1S/C19H29N3O5S/c1-4-10-20-18(23)13-21-19(24)15-8-9-16(27-3)17(12-15)28(25,26)22-11-6-5-7-14(22)2/h8-9,12,14H,4-7,10-11,13H2,1-3H3,(H,20,23)(H,21,24)/t14-/m0/s1. The molecule has 1 aliphatic heterocycles. The number of carbonyl (C=O) groups excluding carboxylic acids is 2. The minimum Gasteiger partial charge on any atom is -0.495 e. The van der Waals surface area contributed by atoms with E-state index in [4.69, 9.17) is 4.74 Å². The fourth-order valence-corrected chi connectivity index (χ4v) is 5.05. The van der Waals surface area contributed by atoms with Gasteiger partial charge in [0.15, 0.2) is 0 Å². The third-order valence-electron chi connectivity index (χ3n) is 4.74. The van der Waals surface area contributed by atoms with Gasteiger partial charge in [-0.3, -0.25) is 9.59 Å². The fourth-order valence-electron chi connectivity index (χ4n) is 3.16. The number of rotatable bonds is 8. The van der Waals surface area contributed by atoms with Crippen molar-refractivity contribution in [2.45, 2.75) is 50.5 Å². The normalized spacial score (nSPS) is 17.8. The third-order valence-corrected chi connectivity index (χ3v) is 6.77. The first-order valence-corrected chi connectivity index (χ1v) is 11.0. The lowest BCUT2D eigenvalue weighted by Crippen LogP contribution is -2.42. The summed E-state index contributed by atoms with van der Waals surface area (Å²) in [5, 5.41) is 5.18. The second-order valence-electron chi connectivity index (χ2n) is 6.86. The number of amides is 2. The van der Waals surface area contributed by atoms with Crippen molar-refractivity contribution in [1.82, 2.24) is 14.9 Å². The van der Waals surface area contributed by atoms with Gasteiger partial charge in [0.1, 0.15) is 10.6 Å². The van der Waals surface area contributed by atoms with Gasteiger partial charge in [-0.05, 0) is 44.4 Å². The number of hydrogen-bond donors (Lipinski definition) is 2. The van der Waals surface area contributed by atoms with Gasteiger partial charge in [0.2, 0.25) is 15.9 Å². The average Bonchev–Trinajstić information content (AvgIpc) is 2.70. The summed E-state index contributed by atoms with van der Waals surface area (Å²) in [4.78, 5) is 24.0. The van der Waals surface area contributed by atoms with Crippen LogP contribution in [0.25, 0.3) is 0 Å². The number of ether oxygens (including phenoxy) is 1. The first-order chi connectivity index (χ1) is 13.3. The second-order valence-corrected chi connectivity index (χ2v) is 8.72. The van der Waals surface area contributed by atoms with Crippen molar-refractivity contribution in [3.05, 3.63) is 23.8 Å². The Balaban J connectivity index is 2.23. The Labute approximate surface area is 166 Å². The van der Waals surface area contributed by atoms with Crippen LogP contribution in [0.15, 0.2) is 23.1 Å². The number of sulfonamides is 1. The maximum absolute atomic E-state index is 13.2. The number of benzene rings is 1.